The Morgan fingerprint density at radius 1 is 1.00 bits per heavy atom. The quantitative estimate of drug-likeness (QED) is 0.364. The third-order valence-corrected chi connectivity index (χ3v) is 7.49. The van der Waals surface area contributed by atoms with Gasteiger partial charge in [-0.05, 0) is 31.9 Å². The lowest BCUT2D eigenvalue weighted by atomic mass is 10.1. The molecule has 34 heavy (non-hydrogen) atoms. The molecule has 0 bridgehead atoms. The Bertz CT molecular complexity index is 1050. The maximum absolute atomic E-state index is 13.1. The molecular formula is C24H36N4O5S. The number of aryl methyl sites for hydroxylation is 2. The van der Waals surface area contributed by atoms with Crippen LogP contribution in [0.15, 0.2) is 35.4 Å². The first-order valence-corrected chi connectivity index (χ1v) is 13.2. The molecule has 0 unspecified atom stereocenters. The molecule has 2 rings (SSSR count). The summed E-state index contributed by atoms with van der Waals surface area (Å²) in [5.41, 5.74) is 1.17. The molecule has 9 nitrogen and oxygen atoms in total. The highest BCUT2D eigenvalue weighted by Crippen LogP contribution is 2.25. The number of carboxylic acid groups (broad SMARTS) is 1. The standard InChI is InChI=1S/C24H36N4O5S/c1-19-13-15-20(16-14-19)34(32,33)28(3)24-21(18-26-27(24)2)23(31)25-17-11-9-7-5-4-6-8-10-12-22(29)30/h13-16,18H,4-12,17H2,1-3H3,(H,25,31)(H,29,30). The number of aliphatic carboxylic acids is 1. The zero-order valence-corrected chi connectivity index (χ0v) is 21.1. The van der Waals surface area contributed by atoms with Crippen LogP contribution in [0.25, 0.3) is 0 Å². The molecule has 0 aliphatic carbocycles. The number of carboxylic acids is 1. The molecule has 0 fully saturated rings. The van der Waals surface area contributed by atoms with Crippen LogP contribution in [0.4, 0.5) is 5.82 Å². The number of carbonyl (C=O) groups excluding carboxylic acids is 1. The van der Waals surface area contributed by atoms with Gasteiger partial charge in [0.05, 0.1) is 11.1 Å². The molecular weight excluding hydrogens is 456 g/mol. The molecule has 0 saturated carbocycles. The monoisotopic (exact) mass is 492 g/mol. The van der Waals surface area contributed by atoms with Gasteiger partial charge in [-0.3, -0.25) is 18.6 Å². The van der Waals surface area contributed by atoms with Crippen molar-refractivity contribution in [2.24, 2.45) is 7.05 Å². The highest BCUT2D eigenvalue weighted by Gasteiger charge is 2.28. The second kappa shape index (κ2) is 13.1. The fraction of sp³-hybridized carbons (Fsp3) is 0.542. The number of anilines is 1. The lowest BCUT2D eigenvalue weighted by Gasteiger charge is -2.21. The van der Waals surface area contributed by atoms with Gasteiger partial charge in [-0.2, -0.15) is 5.10 Å². The molecule has 0 radical (unpaired) electrons. The van der Waals surface area contributed by atoms with Crippen LogP contribution < -0.4 is 9.62 Å². The number of nitrogens with zero attached hydrogens (tertiary/aromatic N) is 3. The fourth-order valence-corrected chi connectivity index (χ4v) is 4.95. The number of hydrogen-bond donors (Lipinski definition) is 2. The van der Waals surface area contributed by atoms with Crippen molar-refractivity contribution in [2.75, 3.05) is 17.9 Å². The number of aromatic nitrogens is 2. The van der Waals surface area contributed by atoms with E-state index in [1.165, 1.54) is 17.9 Å². The van der Waals surface area contributed by atoms with Gasteiger partial charge in [0, 0.05) is 27.1 Å². The van der Waals surface area contributed by atoms with E-state index in [4.69, 9.17) is 5.11 Å². The second-order valence-electron chi connectivity index (χ2n) is 8.52. The smallest absolute Gasteiger partial charge is 0.303 e. The minimum atomic E-state index is -3.84. The van der Waals surface area contributed by atoms with Crippen LogP contribution in [0, 0.1) is 6.92 Å². The average molecular weight is 493 g/mol. The Balaban J connectivity index is 1.81. The van der Waals surface area contributed by atoms with Crippen LogP contribution in [0.1, 0.15) is 73.7 Å². The summed E-state index contributed by atoms with van der Waals surface area (Å²) in [6.45, 7) is 2.38. The predicted octanol–water partition coefficient (Wildman–Crippen LogP) is 3.88. The molecule has 1 aromatic heterocycles. The summed E-state index contributed by atoms with van der Waals surface area (Å²) >= 11 is 0. The van der Waals surface area contributed by atoms with E-state index in [2.05, 4.69) is 10.4 Å². The molecule has 0 saturated heterocycles. The number of benzene rings is 1. The zero-order valence-electron chi connectivity index (χ0n) is 20.3. The van der Waals surface area contributed by atoms with Crippen molar-refractivity contribution in [3.05, 3.63) is 41.6 Å². The van der Waals surface area contributed by atoms with Crippen molar-refractivity contribution in [3.8, 4) is 0 Å². The Labute approximate surface area is 202 Å². The lowest BCUT2D eigenvalue weighted by Crippen LogP contribution is -2.32. The molecule has 1 heterocycles. The summed E-state index contributed by atoms with van der Waals surface area (Å²) in [7, 11) is -0.815. The van der Waals surface area contributed by atoms with Crippen molar-refractivity contribution in [2.45, 2.75) is 69.6 Å². The Kier molecular flexibility index (Phi) is 10.6. The van der Waals surface area contributed by atoms with Crippen LogP contribution >= 0.6 is 0 Å². The summed E-state index contributed by atoms with van der Waals surface area (Å²) in [6.07, 6.45) is 9.42. The zero-order chi connectivity index (χ0) is 25.1. The van der Waals surface area contributed by atoms with Crippen LogP contribution in [-0.2, 0) is 21.9 Å². The Morgan fingerprint density at radius 2 is 1.56 bits per heavy atom. The first-order chi connectivity index (χ1) is 16.1. The number of carbonyl (C=O) groups is 2. The number of nitrogens with one attached hydrogen (secondary N) is 1. The third-order valence-electron chi connectivity index (χ3n) is 5.73. The molecule has 0 atom stereocenters. The first-order valence-electron chi connectivity index (χ1n) is 11.7. The highest BCUT2D eigenvalue weighted by molar-refractivity contribution is 7.92. The van der Waals surface area contributed by atoms with Crippen molar-refractivity contribution in [1.82, 2.24) is 15.1 Å². The molecule has 188 valence electrons. The van der Waals surface area contributed by atoms with Gasteiger partial charge in [-0.1, -0.05) is 56.2 Å². The highest BCUT2D eigenvalue weighted by atomic mass is 32.2. The normalized spacial score (nSPS) is 11.4. The number of unbranched alkanes of at least 4 members (excludes halogenated alkanes) is 7. The van der Waals surface area contributed by atoms with E-state index in [0.29, 0.717) is 6.54 Å². The molecule has 0 spiro atoms. The van der Waals surface area contributed by atoms with Crippen LogP contribution in [-0.4, -0.2) is 48.8 Å². The van der Waals surface area contributed by atoms with Crippen molar-refractivity contribution in [3.63, 3.8) is 0 Å². The number of hydrogen-bond acceptors (Lipinski definition) is 5. The van der Waals surface area contributed by atoms with Crippen LogP contribution in [0.2, 0.25) is 0 Å². The molecule has 2 aromatic rings. The summed E-state index contributed by atoms with van der Waals surface area (Å²) in [4.78, 5) is 23.4. The Hall–Kier alpha value is -2.88. The minimum absolute atomic E-state index is 0.148. The summed E-state index contributed by atoms with van der Waals surface area (Å²) in [5, 5.41) is 15.6. The fourth-order valence-electron chi connectivity index (χ4n) is 3.71. The molecule has 0 aliphatic rings. The topological polar surface area (TPSA) is 122 Å². The van der Waals surface area contributed by atoms with Gasteiger partial charge in [-0.25, -0.2) is 8.42 Å². The summed E-state index contributed by atoms with van der Waals surface area (Å²) < 4.78 is 28.6. The van der Waals surface area contributed by atoms with E-state index in [0.717, 1.165) is 61.2 Å². The van der Waals surface area contributed by atoms with Gasteiger partial charge in [0.1, 0.15) is 5.56 Å². The maximum Gasteiger partial charge on any atom is 0.303 e. The van der Waals surface area contributed by atoms with E-state index < -0.39 is 16.0 Å². The van der Waals surface area contributed by atoms with Gasteiger partial charge in [0.15, 0.2) is 5.82 Å². The molecule has 2 N–H and O–H groups in total. The minimum Gasteiger partial charge on any atom is -0.481 e. The van der Waals surface area contributed by atoms with Gasteiger partial charge >= 0.3 is 5.97 Å². The number of sulfonamides is 1. The van der Waals surface area contributed by atoms with Crippen molar-refractivity contribution >= 4 is 27.7 Å². The molecule has 10 heteroatoms. The van der Waals surface area contributed by atoms with Crippen LogP contribution in [0.3, 0.4) is 0 Å². The van der Waals surface area contributed by atoms with Crippen molar-refractivity contribution in [1.29, 1.82) is 0 Å². The lowest BCUT2D eigenvalue weighted by molar-refractivity contribution is -0.137. The van der Waals surface area contributed by atoms with Crippen molar-refractivity contribution < 1.29 is 23.1 Å². The van der Waals surface area contributed by atoms with Gasteiger partial charge in [-0.15, -0.1) is 0 Å². The van der Waals surface area contributed by atoms with E-state index in [1.807, 2.05) is 6.92 Å². The van der Waals surface area contributed by atoms with Gasteiger partial charge in [0.25, 0.3) is 15.9 Å². The SMILES string of the molecule is Cc1ccc(S(=O)(=O)N(C)c2c(C(=O)NCCCCCCCCCCC(=O)O)cnn2C)cc1. The third kappa shape index (κ3) is 7.86. The van der Waals surface area contributed by atoms with E-state index in [9.17, 15) is 18.0 Å². The number of amides is 1. The van der Waals surface area contributed by atoms with Gasteiger partial charge in [0.2, 0.25) is 0 Å². The summed E-state index contributed by atoms with van der Waals surface area (Å²) in [6, 6.07) is 6.56. The molecule has 0 aliphatic heterocycles. The molecule has 1 amide bonds. The van der Waals surface area contributed by atoms with E-state index in [-0.39, 0.29) is 28.6 Å². The predicted molar refractivity (Wildman–Crippen MR) is 131 cm³/mol. The van der Waals surface area contributed by atoms with Crippen LogP contribution in [0.5, 0.6) is 0 Å². The summed E-state index contributed by atoms with van der Waals surface area (Å²) in [5.74, 6) is -0.881. The number of rotatable bonds is 15. The largest absolute Gasteiger partial charge is 0.481 e. The Morgan fingerprint density at radius 3 is 2.15 bits per heavy atom. The first kappa shape index (κ1) is 27.4. The van der Waals surface area contributed by atoms with E-state index >= 15 is 0 Å². The van der Waals surface area contributed by atoms with Gasteiger partial charge < -0.3 is 10.4 Å². The molecule has 1 aromatic carbocycles. The average Bonchev–Trinajstić information content (AvgIpc) is 3.18. The maximum atomic E-state index is 13.1. The second-order valence-corrected chi connectivity index (χ2v) is 10.5. The van der Waals surface area contributed by atoms with E-state index in [1.54, 1.807) is 31.3 Å².